The minimum Gasteiger partial charge on any atom is -0.255 e. The van der Waals surface area contributed by atoms with E-state index < -0.39 is 0 Å². The van der Waals surface area contributed by atoms with Crippen molar-refractivity contribution in [2.75, 3.05) is 0 Å². The number of pyridine rings is 1. The molecule has 29 heavy (non-hydrogen) atoms. The van der Waals surface area contributed by atoms with Crippen LogP contribution in [0.2, 0.25) is 0 Å². The predicted octanol–water partition coefficient (Wildman–Crippen LogP) is 7.85. The van der Waals surface area contributed by atoms with E-state index in [2.05, 4.69) is 74.0 Å². The molecule has 5 aromatic rings. The summed E-state index contributed by atoms with van der Waals surface area (Å²) in [7, 11) is 0. The Labute approximate surface area is 178 Å². The highest BCUT2D eigenvalue weighted by molar-refractivity contribution is 7.19. The van der Waals surface area contributed by atoms with Crippen molar-refractivity contribution in [1.29, 1.82) is 0 Å². The van der Waals surface area contributed by atoms with Crippen molar-refractivity contribution in [1.82, 2.24) is 9.97 Å². The van der Waals surface area contributed by atoms with Crippen LogP contribution in [0.4, 0.5) is 0 Å². The lowest BCUT2D eigenvalue weighted by Crippen LogP contribution is -2.12. The minimum absolute atomic E-state index is 0.0581. The van der Waals surface area contributed by atoms with Crippen molar-refractivity contribution < 1.29 is 0 Å². The molecule has 0 radical (unpaired) electrons. The van der Waals surface area contributed by atoms with Crippen molar-refractivity contribution >= 4 is 43.5 Å². The molecular weight excluding hydrogens is 392 g/mol. The predicted molar refractivity (Wildman–Crippen MR) is 127 cm³/mol. The monoisotopic (exact) mass is 414 g/mol. The summed E-state index contributed by atoms with van der Waals surface area (Å²) in [6.45, 7) is 8.88. The first kappa shape index (κ1) is 18.5. The second kappa shape index (κ2) is 6.75. The lowest BCUT2D eigenvalue weighted by molar-refractivity contribution is 0.596. The van der Waals surface area contributed by atoms with E-state index in [1.54, 1.807) is 22.7 Å². The molecule has 0 aliphatic heterocycles. The Balaban J connectivity index is 1.76. The molecular formula is C25H22N2S2. The maximum Gasteiger partial charge on any atom is 0.125 e. The van der Waals surface area contributed by atoms with E-state index in [-0.39, 0.29) is 5.41 Å². The molecule has 0 saturated heterocycles. The summed E-state index contributed by atoms with van der Waals surface area (Å²) in [5.74, 6) is 0. The van der Waals surface area contributed by atoms with Crippen LogP contribution in [0.25, 0.3) is 42.7 Å². The van der Waals surface area contributed by atoms with Gasteiger partial charge in [0.1, 0.15) is 5.01 Å². The lowest BCUT2D eigenvalue weighted by atomic mass is 9.82. The van der Waals surface area contributed by atoms with Crippen molar-refractivity contribution in [3.05, 3.63) is 70.7 Å². The zero-order valence-electron chi connectivity index (χ0n) is 17.0. The van der Waals surface area contributed by atoms with Crippen LogP contribution in [-0.2, 0) is 5.41 Å². The van der Waals surface area contributed by atoms with Gasteiger partial charge in [0.25, 0.3) is 0 Å². The summed E-state index contributed by atoms with van der Waals surface area (Å²) in [5, 5.41) is 9.24. The van der Waals surface area contributed by atoms with Crippen molar-refractivity contribution in [2.24, 2.45) is 0 Å². The van der Waals surface area contributed by atoms with Gasteiger partial charge < -0.3 is 0 Å². The molecule has 0 N–H and O–H groups in total. The van der Waals surface area contributed by atoms with Gasteiger partial charge in [-0.3, -0.25) is 4.98 Å². The Kier molecular flexibility index (Phi) is 4.30. The van der Waals surface area contributed by atoms with Crippen molar-refractivity contribution in [3.63, 3.8) is 0 Å². The molecule has 0 aliphatic carbocycles. The Hall–Kier alpha value is -2.56. The topological polar surface area (TPSA) is 25.8 Å². The van der Waals surface area contributed by atoms with Crippen LogP contribution in [-0.4, -0.2) is 9.97 Å². The fourth-order valence-electron chi connectivity index (χ4n) is 3.88. The molecule has 2 aromatic carbocycles. The number of benzene rings is 2. The van der Waals surface area contributed by atoms with Gasteiger partial charge >= 0.3 is 0 Å². The molecule has 5 rings (SSSR count). The first-order valence-corrected chi connectivity index (χ1v) is 11.5. The summed E-state index contributed by atoms with van der Waals surface area (Å²) in [6, 6.07) is 15.4. The molecule has 144 valence electrons. The Morgan fingerprint density at radius 3 is 2.48 bits per heavy atom. The summed E-state index contributed by atoms with van der Waals surface area (Å²) < 4.78 is 1.23. The van der Waals surface area contributed by atoms with E-state index in [1.807, 2.05) is 13.1 Å². The summed E-state index contributed by atoms with van der Waals surface area (Å²) in [6.07, 6.45) is 1.93. The lowest BCUT2D eigenvalue weighted by Gasteiger charge is -2.22. The second-order valence-corrected chi connectivity index (χ2v) is 10.2. The van der Waals surface area contributed by atoms with Gasteiger partial charge in [-0.15, -0.1) is 22.7 Å². The fraction of sp³-hybridized carbons (Fsp3) is 0.200. The highest BCUT2D eigenvalue weighted by Gasteiger charge is 2.20. The van der Waals surface area contributed by atoms with Crippen molar-refractivity contribution in [3.8, 4) is 21.8 Å². The van der Waals surface area contributed by atoms with E-state index in [0.717, 1.165) is 16.4 Å². The largest absolute Gasteiger partial charge is 0.255 e. The number of nitrogens with zero attached hydrogens (tertiary/aromatic N) is 2. The molecule has 3 aromatic heterocycles. The third-order valence-electron chi connectivity index (χ3n) is 5.28. The summed E-state index contributed by atoms with van der Waals surface area (Å²) >= 11 is 3.47. The first-order chi connectivity index (χ1) is 13.9. The molecule has 0 atom stereocenters. The number of hydrogen-bond donors (Lipinski definition) is 0. The zero-order chi connectivity index (χ0) is 20.2. The first-order valence-electron chi connectivity index (χ1n) is 9.74. The van der Waals surface area contributed by atoms with Gasteiger partial charge in [0.15, 0.2) is 0 Å². The Morgan fingerprint density at radius 1 is 0.897 bits per heavy atom. The van der Waals surface area contributed by atoms with Crippen LogP contribution >= 0.6 is 22.7 Å². The Bertz CT molecular complexity index is 1350. The third-order valence-corrected chi connectivity index (χ3v) is 7.28. The van der Waals surface area contributed by atoms with Gasteiger partial charge in [0, 0.05) is 39.2 Å². The van der Waals surface area contributed by atoms with E-state index >= 15 is 0 Å². The zero-order valence-corrected chi connectivity index (χ0v) is 18.6. The maximum absolute atomic E-state index is 4.81. The van der Waals surface area contributed by atoms with Crippen LogP contribution in [0.3, 0.4) is 0 Å². The molecule has 0 aliphatic rings. The fourth-order valence-corrected chi connectivity index (χ4v) is 5.84. The number of aromatic nitrogens is 2. The molecule has 2 nitrogen and oxygen atoms in total. The normalized spacial score (nSPS) is 12.1. The van der Waals surface area contributed by atoms with Crippen LogP contribution in [0.15, 0.2) is 59.4 Å². The SMILES string of the molecule is Cc1csc(-c2csc3c(-c4cc(C(C)(C)C)c5ccccc5c4)nccc23)n1. The van der Waals surface area contributed by atoms with Crippen molar-refractivity contribution in [2.45, 2.75) is 33.1 Å². The quantitative estimate of drug-likeness (QED) is 0.294. The maximum atomic E-state index is 4.81. The smallest absolute Gasteiger partial charge is 0.125 e. The van der Waals surface area contributed by atoms with E-state index in [1.165, 1.54) is 37.5 Å². The number of rotatable bonds is 2. The van der Waals surface area contributed by atoms with Gasteiger partial charge in [0.05, 0.1) is 10.4 Å². The molecule has 0 unspecified atom stereocenters. The number of thiophene rings is 1. The molecule has 0 saturated carbocycles. The molecule has 0 spiro atoms. The average Bonchev–Trinajstić information content (AvgIpc) is 3.32. The van der Waals surface area contributed by atoms with E-state index in [0.29, 0.717) is 0 Å². The number of hydrogen-bond acceptors (Lipinski definition) is 4. The van der Waals surface area contributed by atoms with Crippen LogP contribution in [0.5, 0.6) is 0 Å². The van der Waals surface area contributed by atoms with Crippen LogP contribution in [0, 0.1) is 6.92 Å². The second-order valence-electron chi connectivity index (χ2n) is 8.47. The highest BCUT2D eigenvalue weighted by atomic mass is 32.1. The standard InChI is InChI=1S/C25H22N2S2/c1-15-13-29-24(27-15)20-14-28-23-19(20)9-10-26-22(23)17-11-16-7-5-6-8-18(16)21(12-17)25(2,3)4/h5-14H,1-4H3. The summed E-state index contributed by atoms with van der Waals surface area (Å²) in [4.78, 5) is 9.51. The average molecular weight is 415 g/mol. The van der Waals surface area contributed by atoms with Crippen LogP contribution in [0.1, 0.15) is 32.0 Å². The molecule has 0 amide bonds. The molecule has 0 fully saturated rings. The van der Waals surface area contributed by atoms with Gasteiger partial charge in [0.2, 0.25) is 0 Å². The molecule has 4 heteroatoms. The van der Waals surface area contributed by atoms with Gasteiger partial charge in [-0.05, 0) is 46.9 Å². The summed E-state index contributed by atoms with van der Waals surface area (Å²) in [5.41, 5.74) is 5.94. The van der Waals surface area contributed by atoms with Crippen LogP contribution < -0.4 is 0 Å². The van der Waals surface area contributed by atoms with E-state index in [9.17, 15) is 0 Å². The van der Waals surface area contributed by atoms with Gasteiger partial charge in [-0.1, -0.05) is 45.0 Å². The number of aryl methyl sites for hydroxylation is 1. The number of fused-ring (bicyclic) bond motifs is 2. The number of thiazole rings is 1. The van der Waals surface area contributed by atoms with Gasteiger partial charge in [-0.2, -0.15) is 0 Å². The molecule has 0 bridgehead atoms. The minimum atomic E-state index is 0.0581. The van der Waals surface area contributed by atoms with Gasteiger partial charge in [-0.25, -0.2) is 4.98 Å². The highest BCUT2D eigenvalue weighted by Crippen LogP contribution is 2.41. The Morgan fingerprint density at radius 2 is 1.72 bits per heavy atom. The molecule has 3 heterocycles. The van der Waals surface area contributed by atoms with E-state index in [4.69, 9.17) is 9.97 Å². The third kappa shape index (κ3) is 3.17.